The summed E-state index contributed by atoms with van der Waals surface area (Å²) in [5, 5.41) is 27.0. The minimum absolute atomic E-state index is 0.666. The van der Waals surface area contributed by atoms with Crippen LogP contribution >= 0.6 is 0 Å². The molecule has 0 aliphatic carbocycles. The Morgan fingerprint density at radius 1 is 1.47 bits per heavy atom. The van der Waals surface area contributed by atoms with E-state index in [2.05, 4.69) is 0 Å². The largest absolute Gasteiger partial charge is 0.505 e. The van der Waals surface area contributed by atoms with E-state index in [1.165, 1.54) is 0 Å². The van der Waals surface area contributed by atoms with Gasteiger partial charge in [0.15, 0.2) is 10.9 Å². The van der Waals surface area contributed by atoms with E-state index in [-0.39, 0.29) is 0 Å². The third-order valence-corrected chi connectivity index (χ3v) is 3.90. The number of rotatable bonds is 5. The predicted molar refractivity (Wildman–Crippen MR) is 64.4 cm³/mol. The molecule has 0 aliphatic heterocycles. The van der Waals surface area contributed by atoms with Gasteiger partial charge in [0.2, 0.25) is 10.0 Å². The second kappa shape index (κ2) is 5.10. The number of hydrogen-bond donors (Lipinski definition) is 3. The Bertz CT molecular complexity index is 625. The number of phenols is 1. The van der Waals surface area contributed by atoms with Gasteiger partial charge < -0.3 is 10.2 Å². The maximum Gasteiger partial charge on any atom is 0.323 e. The summed E-state index contributed by atoms with van der Waals surface area (Å²) in [7, 11) is -4.41. The number of nitrogens with one attached hydrogen (secondary N) is 1. The summed E-state index contributed by atoms with van der Waals surface area (Å²) in [4.78, 5) is 20.4. The summed E-state index contributed by atoms with van der Waals surface area (Å²) in [6.07, 6.45) is 0. The van der Waals surface area contributed by atoms with Gasteiger partial charge in [-0.15, -0.1) is 0 Å². The van der Waals surface area contributed by atoms with Gasteiger partial charge in [-0.05, 0) is 13.0 Å². The third-order valence-electron chi connectivity index (χ3n) is 2.27. The molecule has 19 heavy (non-hydrogen) atoms. The van der Waals surface area contributed by atoms with E-state index >= 15 is 0 Å². The molecule has 1 aromatic carbocycles. The highest BCUT2D eigenvalue weighted by atomic mass is 32.2. The van der Waals surface area contributed by atoms with Crippen molar-refractivity contribution in [3.63, 3.8) is 0 Å². The summed E-state index contributed by atoms with van der Waals surface area (Å²) in [5.41, 5.74) is -1.35. The van der Waals surface area contributed by atoms with Crippen molar-refractivity contribution in [2.24, 2.45) is 0 Å². The smallest absolute Gasteiger partial charge is 0.323 e. The van der Waals surface area contributed by atoms with Crippen LogP contribution in [0.1, 0.15) is 6.92 Å². The second-order valence-corrected chi connectivity index (χ2v) is 5.56. The van der Waals surface area contributed by atoms with Gasteiger partial charge in [0.1, 0.15) is 5.75 Å². The number of hydrogen-bond acceptors (Lipinski definition) is 6. The first kappa shape index (κ1) is 14.7. The predicted octanol–water partition coefficient (Wildman–Crippen LogP) is 0.515. The second-order valence-electron chi connectivity index (χ2n) is 3.56. The number of carboxylic acids is 1. The van der Waals surface area contributed by atoms with Gasteiger partial charge in [0, 0.05) is 6.07 Å². The number of benzene rings is 1. The molecule has 1 aromatic rings. The molecule has 0 saturated heterocycles. The van der Waals surface area contributed by atoms with Crippen LogP contribution in [0.15, 0.2) is 18.2 Å². The zero-order valence-electron chi connectivity index (χ0n) is 9.60. The summed E-state index contributed by atoms with van der Waals surface area (Å²) < 4.78 is 25.0. The lowest BCUT2D eigenvalue weighted by Crippen LogP contribution is -2.32. The standard InChI is InChI=1S/C9H10N2O7S/c1-5(9(13)14)19(17,18)10-8-6(11(15)16)3-2-4-7(8)12/h2-5,10,12H,1H3,(H,13,14). The van der Waals surface area contributed by atoms with Gasteiger partial charge in [-0.25, -0.2) is 8.42 Å². The molecule has 0 spiro atoms. The first-order valence-electron chi connectivity index (χ1n) is 4.87. The lowest BCUT2D eigenvalue weighted by Gasteiger charge is -2.12. The Morgan fingerprint density at radius 2 is 2.05 bits per heavy atom. The Morgan fingerprint density at radius 3 is 2.53 bits per heavy atom. The van der Waals surface area contributed by atoms with E-state index in [1.807, 2.05) is 0 Å². The van der Waals surface area contributed by atoms with Crippen LogP contribution in [0.5, 0.6) is 5.75 Å². The number of sulfonamides is 1. The van der Waals surface area contributed by atoms with Crippen LogP contribution in [0.4, 0.5) is 11.4 Å². The minimum Gasteiger partial charge on any atom is -0.505 e. The topological polar surface area (TPSA) is 147 Å². The Kier molecular flexibility index (Phi) is 3.95. The van der Waals surface area contributed by atoms with Crippen molar-refractivity contribution in [3.05, 3.63) is 28.3 Å². The van der Waals surface area contributed by atoms with Crippen molar-refractivity contribution in [2.75, 3.05) is 4.72 Å². The Balaban J connectivity index is 3.27. The van der Waals surface area contributed by atoms with E-state index in [1.54, 1.807) is 4.72 Å². The molecular formula is C9H10N2O7S. The van der Waals surface area contributed by atoms with E-state index in [4.69, 9.17) is 5.11 Å². The minimum atomic E-state index is -4.41. The molecule has 0 amide bonds. The van der Waals surface area contributed by atoms with Gasteiger partial charge in [-0.1, -0.05) is 6.07 Å². The molecule has 0 aliphatic rings. The molecule has 0 bridgehead atoms. The summed E-state index contributed by atoms with van der Waals surface area (Å²) in [6.45, 7) is 0.899. The fraction of sp³-hybridized carbons (Fsp3) is 0.222. The zero-order chi connectivity index (χ0) is 14.8. The molecule has 10 heteroatoms. The number of aliphatic carboxylic acids is 1. The normalized spacial score (nSPS) is 12.7. The van der Waals surface area contributed by atoms with Crippen LogP contribution in [0, 0.1) is 10.1 Å². The van der Waals surface area contributed by atoms with Crippen LogP contribution in [-0.2, 0) is 14.8 Å². The van der Waals surface area contributed by atoms with Crippen molar-refractivity contribution in [1.82, 2.24) is 0 Å². The molecular weight excluding hydrogens is 280 g/mol. The van der Waals surface area contributed by atoms with Crippen molar-refractivity contribution < 1.29 is 28.3 Å². The number of nitro groups is 1. The number of phenolic OH excluding ortho intramolecular Hbond substituents is 1. The average molecular weight is 290 g/mol. The van der Waals surface area contributed by atoms with Crippen LogP contribution < -0.4 is 4.72 Å². The average Bonchev–Trinajstić information content (AvgIpc) is 2.30. The van der Waals surface area contributed by atoms with Gasteiger partial charge in [-0.3, -0.25) is 19.6 Å². The molecule has 1 atom stereocenters. The number of nitro benzene ring substituents is 1. The first-order valence-corrected chi connectivity index (χ1v) is 6.42. The van der Waals surface area contributed by atoms with E-state index < -0.39 is 43.3 Å². The van der Waals surface area contributed by atoms with E-state index in [0.717, 1.165) is 25.1 Å². The number of para-hydroxylation sites is 1. The number of carboxylic acid groups (broad SMARTS) is 1. The Hall–Kier alpha value is -2.36. The first-order chi connectivity index (χ1) is 8.66. The molecule has 1 rings (SSSR count). The molecule has 9 nitrogen and oxygen atoms in total. The van der Waals surface area contributed by atoms with E-state index in [0.29, 0.717) is 0 Å². The third kappa shape index (κ3) is 3.10. The summed E-state index contributed by atoms with van der Waals surface area (Å²) in [6, 6.07) is 3.17. The molecule has 1 unspecified atom stereocenters. The number of nitrogens with zero attached hydrogens (tertiary/aromatic N) is 1. The highest BCUT2D eigenvalue weighted by molar-refractivity contribution is 7.94. The number of carbonyl (C=O) groups is 1. The van der Waals surface area contributed by atoms with Gasteiger partial charge in [-0.2, -0.15) is 0 Å². The fourth-order valence-corrected chi connectivity index (χ4v) is 2.08. The summed E-state index contributed by atoms with van der Waals surface area (Å²) in [5.74, 6) is -2.29. The monoisotopic (exact) mass is 290 g/mol. The van der Waals surface area contributed by atoms with Crippen LogP contribution in [0.3, 0.4) is 0 Å². The maximum atomic E-state index is 11.6. The van der Waals surface area contributed by atoms with Gasteiger partial charge in [0.05, 0.1) is 4.92 Å². The van der Waals surface area contributed by atoms with Crippen molar-refractivity contribution in [1.29, 1.82) is 0 Å². The lowest BCUT2D eigenvalue weighted by atomic mass is 10.2. The number of aromatic hydroxyl groups is 1. The SMILES string of the molecule is CC(C(=O)O)S(=O)(=O)Nc1c(O)cccc1[N+](=O)[O-]. The molecule has 0 saturated carbocycles. The molecule has 3 N–H and O–H groups in total. The molecule has 0 fully saturated rings. The van der Waals surface area contributed by atoms with Gasteiger partial charge in [0.25, 0.3) is 5.69 Å². The quantitative estimate of drug-likeness (QED) is 0.406. The maximum absolute atomic E-state index is 11.6. The van der Waals surface area contributed by atoms with Crippen LogP contribution in [0.2, 0.25) is 0 Å². The molecule has 0 radical (unpaired) electrons. The fourth-order valence-electron chi connectivity index (χ4n) is 1.15. The Labute approximate surface area is 107 Å². The molecule has 0 aromatic heterocycles. The highest BCUT2D eigenvalue weighted by Crippen LogP contribution is 2.34. The van der Waals surface area contributed by atoms with Gasteiger partial charge >= 0.3 is 5.97 Å². The molecule has 0 heterocycles. The van der Waals surface area contributed by atoms with Crippen molar-refractivity contribution in [3.8, 4) is 5.75 Å². The summed E-state index contributed by atoms with van der Waals surface area (Å²) >= 11 is 0. The van der Waals surface area contributed by atoms with Crippen LogP contribution in [0.25, 0.3) is 0 Å². The molecule has 104 valence electrons. The number of anilines is 1. The zero-order valence-corrected chi connectivity index (χ0v) is 10.4. The highest BCUT2D eigenvalue weighted by Gasteiger charge is 2.31. The van der Waals surface area contributed by atoms with E-state index in [9.17, 15) is 28.4 Å². The van der Waals surface area contributed by atoms with Crippen molar-refractivity contribution in [2.45, 2.75) is 12.2 Å². The van der Waals surface area contributed by atoms with Crippen molar-refractivity contribution >= 4 is 27.4 Å². The lowest BCUT2D eigenvalue weighted by molar-refractivity contribution is -0.383. The van der Waals surface area contributed by atoms with Crippen LogP contribution in [-0.4, -0.2) is 34.8 Å².